The predicted molar refractivity (Wildman–Crippen MR) is 69.6 cm³/mol. The van der Waals surface area contributed by atoms with Gasteiger partial charge in [-0.25, -0.2) is 0 Å². The molecule has 0 bridgehead atoms. The number of likely N-dealkylation sites (N-methyl/N-ethyl adjacent to an activating group) is 1. The zero-order valence-electron chi connectivity index (χ0n) is 9.98. The third kappa shape index (κ3) is 3.04. The lowest BCUT2D eigenvalue weighted by molar-refractivity contribution is 0.133. The van der Waals surface area contributed by atoms with E-state index in [9.17, 15) is 0 Å². The van der Waals surface area contributed by atoms with E-state index in [-0.39, 0.29) is 0 Å². The number of hydrogen-bond donors (Lipinski definition) is 1. The molecular weight excluding hydrogens is 218 g/mol. The molecule has 90 valence electrons. The second-order valence-corrected chi connectivity index (χ2v) is 5.54. The van der Waals surface area contributed by atoms with Gasteiger partial charge in [0.05, 0.1) is 0 Å². The maximum Gasteiger partial charge on any atom is 0.0329 e. The fourth-order valence-electron chi connectivity index (χ4n) is 2.10. The molecule has 1 fully saturated rings. The van der Waals surface area contributed by atoms with Crippen molar-refractivity contribution < 1.29 is 0 Å². The maximum absolute atomic E-state index is 5.62. The lowest BCUT2D eigenvalue weighted by Gasteiger charge is -2.33. The summed E-state index contributed by atoms with van der Waals surface area (Å²) in [4.78, 5) is 7.79. The highest BCUT2D eigenvalue weighted by Gasteiger charge is 2.15. The van der Waals surface area contributed by atoms with Gasteiger partial charge in [0.1, 0.15) is 0 Å². The molecule has 0 spiro atoms. The Kier molecular flexibility index (Phi) is 4.35. The van der Waals surface area contributed by atoms with Crippen LogP contribution in [0.3, 0.4) is 0 Å². The molecule has 0 aliphatic carbocycles. The van der Waals surface area contributed by atoms with Crippen LogP contribution in [-0.4, -0.2) is 42.5 Å². The van der Waals surface area contributed by atoms with E-state index in [1.165, 1.54) is 42.5 Å². The lowest BCUT2D eigenvalue weighted by Crippen LogP contribution is -2.45. The highest BCUT2D eigenvalue weighted by Crippen LogP contribution is 2.18. The summed E-state index contributed by atoms with van der Waals surface area (Å²) in [7, 11) is 0. The average molecular weight is 239 g/mol. The second kappa shape index (κ2) is 5.77. The van der Waals surface area contributed by atoms with Gasteiger partial charge >= 0.3 is 0 Å². The Morgan fingerprint density at radius 2 is 1.75 bits per heavy atom. The van der Waals surface area contributed by atoms with Gasteiger partial charge in [-0.3, -0.25) is 4.90 Å². The zero-order chi connectivity index (χ0) is 11.4. The van der Waals surface area contributed by atoms with E-state index >= 15 is 0 Å². The van der Waals surface area contributed by atoms with E-state index in [0.717, 1.165) is 6.54 Å². The van der Waals surface area contributed by atoms with Crippen molar-refractivity contribution >= 4 is 11.3 Å². The Morgan fingerprint density at radius 1 is 1.12 bits per heavy atom. The van der Waals surface area contributed by atoms with E-state index in [0.29, 0.717) is 6.54 Å². The zero-order valence-corrected chi connectivity index (χ0v) is 10.8. The van der Waals surface area contributed by atoms with Gasteiger partial charge in [0.15, 0.2) is 0 Å². The van der Waals surface area contributed by atoms with Crippen molar-refractivity contribution in [2.24, 2.45) is 5.73 Å². The van der Waals surface area contributed by atoms with E-state index in [4.69, 9.17) is 5.73 Å². The maximum atomic E-state index is 5.62. The van der Waals surface area contributed by atoms with Crippen molar-refractivity contribution in [3.05, 3.63) is 21.9 Å². The topological polar surface area (TPSA) is 32.5 Å². The van der Waals surface area contributed by atoms with E-state index in [2.05, 4.69) is 28.9 Å². The first-order valence-corrected chi connectivity index (χ1v) is 6.86. The van der Waals surface area contributed by atoms with Gasteiger partial charge in [0.2, 0.25) is 0 Å². The van der Waals surface area contributed by atoms with Gasteiger partial charge < -0.3 is 10.6 Å². The van der Waals surface area contributed by atoms with Crippen LogP contribution in [0.1, 0.15) is 16.7 Å². The molecule has 0 saturated carbocycles. The molecule has 1 aromatic rings. The minimum Gasteiger partial charge on any atom is -0.326 e. The molecule has 2 N–H and O–H groups in total. The normalized spacial score (nSPS) is 19.1. The fraction of sp³-hybridized carbons (Fsp3) is 0.667. The summed E-state index contributed by atoms with van der Waals surface area (Å²) < 4.78 is 0. The number of hydrogen-bond acceptors (Lipinski definition) is 4. The molecule has 1 aliphatic heterocycles. The SMILES string of the molecule is CCN1CCN(Cc2ccc(CN)s2)CC1. The van der Waals surface area contributed by atoms with Gasteiger partial charge in [-0.15, -0.1) is 11.3 Å². The highest BCUT2D eigenvalue weighted by molar-refractivity contribution is 7.11. The number of thiophene rings is 1. The van der Waals surface area contributed by atoms with Crippen molar-refractivity contribution in [3.63, 3.8) is 0 Å². The minimum absolute atomic E-state index is 0.675. The molecule has 0 unspecified atom stereocenters. The molecular formula is C12H21N3S. The van der Waals surface area contributed by atoms with Crippen molar-refractivity contribution in [2.45, 2.75) is 20.0 Å². The van der Waals surface area contributed by atoms with Crippen LogP contribution < -0.4 is 5.73 Å². The third-order valence-electron chi connectivity index (χ3n) is 3.21. The minimum atomic E-state index is 0.675. The lowest BCUT2D eigenvalue weighted by atomic mass is 10.3. The van der Waals surface area contributed by atoms with E-state index < -0.39 is 0 Å². The van der Waals surface area contributed by atoms with E-state index in [1.807, 2.05) is 11.3 Å². The largest absolute Gasteiger partial charge is 0.326 e. The van der Waals surface area contributed by atoms with Crippen LogP contribution in [-0.2, 0) is 13.1 Å². The number of nitrogens with two attached hydrogens (primary N) is 1. The van der Waals surface area contributed by atoms with Gasteiger partial charge in [-0.1, -0.05) is 6.92 Å². The van der Waals surface area contributed by atoms with Crippen LogP contribution in [0, 0.1) is 0 Å². The molecule has 0 amide bonds. The van der Waals surface area contributed by atoms with Crippen molar-refractivity contribution in [3.8, 4) is 0 Å². The Hall–Kier alpha value is -0.420. The Labute approximate surface area is 102 Å². The monoisotopic (exact) mass is 239 g/mol. The van der Waals surface area contributed by atoms with Crippen LogP contribution in [0.4, 0.5) is 0 Å². The Balaban J connectivity index is 1.82. The summed E-state index contributed by atoms with van der Waals surface area (Å²) in [6, 6.07) is 4.38. The van der Waals surface area contributed by atoms with Gasteiger partial charge in [0.25, 0.3) is 0 Å². The first-order chi connectivity index (χ1) is 7.81. The molecule has 4 heteroatoms. The number of piperazine rings is 1. The van der Waals surface area contributed by atoms with Gasteiger partial charge in [-0.2, -0.15) is 0 Å². The van der Waals surface area contributed by atoms with Crippen LogP contribution in [0.2, 0.25) is 0 Å². The highest BCUT2D eigenvalue weighted by atomic mass is 32.1. The van der Waals surface area contributed by atoms with Crippen LogP contribution in [0.5, 0.6) is 0 Å². The van der Waals surface area contributed by atoms with Crippen molar-refractivity contribution in [1.29, 1.82) is 0 Å². The summed E-state index contributed by atoms with van der Waals surface area (Å²) in [6.07, 6.45) is 0. The number of rotatable bonds is 4. The first kappa shape index (κ1) is 12.0. The summed E-state index contributed by atoms with van der Waals surface area (Å²) in [5.74, 6) is 0. The summed E-state index contributed by atoms with van der Waals surface area (Å²) in [5, 5.41) is 0. The quantitative estimate of drug-likeness (QED) is 0.861. The van der Waals surface area contributed by atoms with Crippen molar-refractivity contribution in [2.75, 3.05) is 32.7 Å². The fourth-order valence-corrected chi connectivity index (χ4v) is 3.04. The molecule has 1 aliphatic rings. The summed E-state index contributed by atoms with van der Waals surface area (Å²) >= 11 is 1.85. The first-order valence-electron chi connectivity index (χ1n) is 6.04. The van der Waals surface area contributed by atoms with Crippen molar-refractivity contribution in [1.82, 2.24) is 9.80 Å². The van der Waals surface area contributed by atoms with Crippen LogP contribution >= 0.6 is 11.3 Å². The molecule has 0 radical (unpaired) electrons. The average Bonchev–Trinajstić information content (AvgIpc) is 2.78. The molecule has 3 nitrogen and oxygen atoms in total. The number of nitrogens with zero attached hydrogens (tertiary/aromatic N) is 2. The predicted octanol–water partition coefficient (Wildman–Crippen LogP) is 1.34. The Morgan fingerprint density at radius 3 is 2.31 bits per heavy atom. The summed E-state index contributed by atoms with van der Waals surface area (Å²) in [5.41, 5.74) is 5.62. The standard InChI is InChI=1S/C12H21N3S/c1-2-14-5-7-15(8-6-14)10-12-4-3-11(9-13)16-12/h3-4H,2,5-10,13H2,1H3. The van der Waals surface area contributed by atoms with E-state index in [1.54, 1.807) is 0 Å². The van der Waals surface area contributed by atoms with Crippen LogP contribution in [0.25, 0.3) is 0 Å². The molecule has 1 aromatic heterocycles. The Bertz CT molecular complexity index is 316. The second-order valence-electron chi connectivity index (χ2n) is 4.28. The molecule has 16 heavy (non-hydrogen) atoms. The van der Waals surface area contributed by atoms with Crippen LogP contribution in [0.15, 0.2) is 12.1 Å². The third-order valence-corrected chi connectivity index (χ3v) is 4.30. The summed E-state index contributed by atoms with van der Waals surface area (Å²) in [6.45, 7) is 10.0. The smallest absolute Gasteiger partial charge is 0.0329 e. The molecule has 2 rings (SSSR count). The molecule has 0 aromatic carbocycles. The molecule has 0 atom stereocenters. The molecule has 1 saturated heterocycles. The molecule has 2 heterocycles. The van der Waals surface area contributed by atoms with Gasteiger partial charge in [-0.05, 0) is 18.7 Å². The van der Waals surface area contributed by atoms with Gasteiger partial charge in [0, 0.05) is 49.0 Å².